The van der Waals surface area contributed by atoms with E-state index in [4.69, 9.17) is 20.1 Å². The van der Waals surface area contributed by atoms with Gasteiger partial charge in [-0.05, 0) is 53.4 Å². The maximum Gasteiger partial charge on any atom is 0.290 e. The molecule has 4 rings (SSSR count). The smallest absolute Gasteiger partial charge is 0.290 e. The van der Waals surface area contributed by atoms with E-state index in [0.29, 0.717) is 5.75 Å². The van der Waals surface area contributed by atoms with Crippen molar-refractivity contribution in [3.63, 3.8) is 0 Å². The molecule has 0 aliphatic heterocycles. The van der Waals surface area contributed by atoms with Gasteiger partial charge in [0.25, 0.3) is 6.47 Å². The summed E-state index contributed by atoms with van der Waals surface area (Å²) in [6.45, 7) is 5.49. The van der Waals surface area contributed by atoms with Gasteiger partial charge in [0, 0.05) is 23.7 Å². The Hall–Kier alpha value is -3.74. The second-order valence-electron chi connectivity index (χ2n) is 6.88. The first-order valence-electron chi connectivity index (χ1n) is 11.3. The van der Waals surface area contributed by atoms with Crippen LogP contribution in [0, 0.1) is 0 Å². The van der Waals surface area contributed by atoms with Gasteiger partial charge in [-0.3, -0.25) is 9.93 Å². The average Bonchev–Trinajstić information content (AvgIpc) is 2.92. The molecule has 184 valence electrons. The molecule has 0 aliphatic rings. The molecule has 0 radical (unpaired) electrons. The fourth-order valence-electron chi connectivity index (χ4n) is 3.03. The molecule has 0 aliphatic carbocycles. The standard InChI is InChI=1S/C20H20N2S.C6H6O.C2H6.CH2O2/c21-23-20-13-7-12-19(14-20)22(15-17-8-3-1-4-9-17)16-18-10-5-2-6-11-18;7-6-4-2-1-3-5-6;1-2;2-1-3/h1-14H,15-16,21H2;1-5,7H;1-2H3;1H,(H,2,3). The molecule has 0 bridgehead atoms. The molecule has 4 N–H and O–H groups in total. The molecule has 6 heteroatoms. The summed E-state index contributed by atoms with van der Waals surface area (Å²) < 4.78 is 0. The maximum absolute atomic E-state index is 8.63. The first-order valence-corrected chi connectivity index (χ1v) is 12.2. The van der Waals surface area contributed by atoms with Gasteiger partial charge < -0.3 is 15.1 Å². The minimum Gasteiger partial charge on any atom is -0.508 e. The lowest BCUT2D eigenvalue weighted by Crippen LogP contribution is -2.22. The molecule has 0 heterocycles. The van der Waals surface area contributed by atoms with E-state index in [-0.39, 0.29) is 6.47 Å². The van der Waals surface area contributed by atoms with Crippen LogP contribution in [-0.4, -0.2) is 16.7 Å². The zero-order valence-corrected chi connectivity index (χ0v) is 21.0. The van der Waals surface area contributed by atoms with Gasteiger partial charge in [0.15, 0.2) is 0 Å². The van der Waals surface area contributed by atoms with Crippen molar-refractivity contribution in [2.75, 3.05) is 4.90 Å². The summed E-state index contributed by atoms with van der Waals surface area (Å²) >= 11 is 1.29. The van der Waals surface area contributed by atoms with Crippen LogP contribution >= 0.6 is 11.9 Å². The third-order valence-corrected chi connectivity index (χ3v) is 5.03. The Labute approximate surface area is 213 Å². The number of carboxylic acid groups (broad SMARTS) is 1. The molecule has 35 heavy (non-hydrogen) atoms. The Morgan fingerprint density at radius 1 is 0.743 bits per heavy atom. The van der Waals surface area contributed by atoms with Crippen LogP contribution in [0.1, 0.15) is 25.0 Å². The topological polar surface area (TPSA) is 86.8 Å². The third kappa shape index (κ3) is 12.3. The normalized spacial score (nSPS) is 9.11. The average molecular weight is 491 g/mol. The van der Waals surface area contributed by atoms with E-state index < -0.39 is 0 Å². The number of benzene rings is 4. The quantitative estimate of drug-likeness (QED) is 0.200. The van der Waals surface area contributed by atoms with E-state index in [2.05, 4.69) is 83.8 Å². The lowest BCUT2D eigenvalue weighted by molar-refractivity contribution is -0.122. The number of hydrogen-bond acceptors (Lipinski definition) is 5. The van der Waals surface area contributed by atoms with Crippen molar-refractivity contribution in [2.45, 2.75) is 31.8 Å². The van der Waals surface area contributed by atoms with Crippen molar-refractivity contribution in [1.29, 1.82) is 0 Å². The molecule has 0 spiro atoms. The monoisotopic (exact) mass is 490 g/mol. The summed E-state index contributed by atoms with van der Waals surface area (Å²) in [5.74, 6) is 0.322. The van der Waals surface area contributed by atoms with Gasteiger partial charge in [-0.15, -0.1) is 0 Å². The molecule has 0 fully saturated rings. The highest BCUT2D eigenvalue weighted by molar-refractivity contribution is 7.97. The number of rotatable bonds is 6. The fourth-order valence-corrected chi connectivity index (χ4v) is 3.37. The number of phenols is 1. The maximum atomic E-state index is 8.63. The van der Waals surface area contributed by atoms with E-state index in [9.17, 15) is 0 Å². The Bertz CT molecular complexity index is 1010. The highest BCUT2D eigenvalue weighted by Gasteiger charge is 2.09. The van der Waals surface area contributed by atoms with Gasteiger partial charge in [-0.1, -0.05) is 98.8 Å². The lowest BCUT2D eigenvalue weighted by atomic mass is 10.1. The zero-order valence-electron chi connectivity index (χ0n) is 20.2. The Balaban J connectivity index is 0.000000425. The van der Waals surface area contributed by atoms with Crippen LogP contribution in [0.3, 0.4) is 0 Å². The Morgan fingerprint density at radius 3 is 1.54 bits per heavy atom. The second kappa shape index (κ2) is 18.7. The molecule has 0 amide bonds. The second-order valence-corrected chi connectivity index (χ2v) is 7.59. The van der Waals surface area contributed by atoms with Gasteiger partial charge >= 0.3 is 0 Å². The van der Waals surface area contributed by atoms with Crippen LogP contribution in [-0.2, 0) is 17.9 Å². The molecule has 0 unspecified atom stereocenters. The Kier molecular flexibility index (Phi) is 15.6. The minimum atomic E-state index is -0.250. The van der Waals surface area contributed by atoms with Crippen LogP contribution < -0.4 is 10.0 Å². The summed E-state index contributed by atoms with van der Waals surface area (Å²) in [5, 5.41) is 21.2. The number of aromatic hydroxyl groups is 1. The van der Waals surface area contributed by atoms with Gasteiger partial charge in [0.2, 0.25) is 0 Å². The van der Waals surface area contributed by atoms with Gasteiger partial charge in [0.05, 0.1) is 0 Å². The number of carbonyl (C=O) groups is 1. The minimum absolute atomic E-state index is 0.250. The van der Waals surface area contributed by atoms with Crippen LogP contribution in [0.4, 0.5) is 5.69 Å². The van der Waals surface area contributed by atoms with Crippen LogP contribution in [0.15, 0.2) is 120 Å². The highest BCUT2D eigenvalue weighted by atomic mass is 32.2. The third-order valence-electron chi connectivity index (χ3n) is 4.51. The van der Waals surface area contributed by atoms with E-state index in [1.54, 1.807) is 24.3 Å². The Morgan fingerprint density at radius 2 is 1.17 bits per heavy atom. The SMILES string of the molecule is CC.NSc1cccc(N(Cc2ccccc2)Cc2ccccc2)c1.O=CO.Oc1ccccc1. The van der Waals surface area contributed by atoms with E-state index in [1.807, 2.05) is 26.0 Å². The number of nitrogens with zero attached hydrogens (tertiary/aromatic N) is 1. The summed E-state index contributed by atoms with van der Waals surface area (Å²) in [4.78, 5) is 11.8. The molecule has 0 saturated carbocycles. The van der Waals surface area contributed by atoms with Gasteiger partial charge in [-0.2, -0.15) is 0 Å². The summed E-state index contributed by atoms with van der Waals surface area (Å²) in [6.07, 6.45) is 0. The molecular formula is C29H34N2O3S. The van der Waals surface area contributed by atoms with Crippen molar-refractivity contribution in [3.8, 4) is 5.75 Å². The molecule has 0 saturated heterocycles. The first kappa shape index (κ1) is 29.3. The highest BCUT2D eigenvalue weighted by Crippen LogP contribution is 2.24. The first-order chi connectivity index (χ1) is 17.2. The molecular weight excluding hydrogens is 456 g/mol. The van der Waals surface area contributed by atoms with Crippen LogP contribution in [0.5, 0.6) is 5.75 Å². The van der Waals surface area contributed by atoms with Gasteiger partial charge in [-0.25, -0.2) is 0 Å². The summed E-state index contributed by atoms with van der Waals surface area (Å²) in [5.41, 5.74) is 3.79. The fraction of sp³-hybridized carbons (Fsp3) is 0.138. The number of nitrogens with two attached hydrogens (primary N) is 1. The zero-order chi connectivity index (χ0) is 25.7. The largest absolute Gasteiger partial charge is 0.508 e. The van der Waals surface area contributed by atoms with Crippen molar-refractivity contribution in [1.82, 2.24) is 0 Å². The lowest BCUT2D eigenvalue weighted by Gasteiger charge is -2.25. The predicted molar refractivity (Wildman–Crippen MR) is 147 cm³/mol. The predicted octanol–water partition coefficient (Wildman–Crippen LogP) is 6.98. The molecule has 4 aromatic rings. The van der Waals surface area contributed by atoms with Crippen molar-refractivity contribution in [2.24, 2.45) is 5.14 Å². The van der Waals surface area contributed by atoms with Crippen LogP contribution in [0.2, 0.25) is 0 Å². The van der Waals surface area contributed by atoms with Crippen molar-refractivity contribution < 1.29 is 15.0 Å². The van der Waals surface area contributed by atoms with Crippen LogP contribution in [0.25, 0.3) is 0 Å². The van der Waals surface area contributed by atoms with E-state index >= 15 is 0 Å². The molecule has 0 atom stereocenters. The number of hydrogen-bond donors (Lipinski definition) is 3. The van der Waals surface area contributed by atoms with E-state index in [1.165, 1.54) is 28.8 Å². The summed E-state index contributed by atoms with van der Waals surface area (Å²) in [7, 11) is 0. The van der Waals surface area contributed by atoms with E-state index in [0.717, 1.165) is 18.0 Å². The molecule has 0 aromatic heterocycles. The van der Waals surface area contributed by atoms with Crippen molar-refractivity contribution in [3.05, 3.63) is 126 Å². The van der Waals surface area contributed by atoms with Crippen molar-refractivity contribution >= 4 is 24.1 Å². The number of anilines is 1. The summed E-state index contributed by atoms with van der Waals surface area (Å²) in [6, 6.07) is 38.2. The molecule has 4 aromatic carbocycles. The van der Waals surface area contributed by atoms with Gasteiger partial charge in [0.1, 0.15) is 5.75 Å². The number of para-hydroxylation sites is 1. The molecule has 5 nitrogen and oxygen atoms in total. The number of phenolic OH excluding ortho intramolecular Hbond substituents is 1.